The maximum Gasteiger partial charge on any atom is 0.315 e. The van der Waals surface area contributed by atoms with E-state index in [-0.39, 0.29) is 12.1 Å². The lowest BCUT2D eigenvalue weighted by Gasteiger charge is -2.19. The molecule has 1 aromatic carbocycles. The van der Waals surface area contributed by atoms with E-state index in [4.69, 9.17) is 16.7 Å². The largest absolute Gasteiger partial charge is 0.481 e. The first-order valence-corrected chi connectivity index (χ1v) is 5.62. The quantitative estimate of drug-likeness (QED) is 0.855. The second-order valence-electron chi connectivity index (χ2n) is 3.99. The Kier molecular flexibility index (Phi) is 4.67. The molecule has 0 aromatic heterocycles. The SMILES string of the molecule is CC(C(=O)O)C(=O)N(C)Cc1cc(Cl)ccc1F. The van der Waals surface area contributed by atoms with Gasteiger partial charge in [0.2, 0.25) is 5.91 Å². The lowest BCUT2D eigenvalue weighted by atomic mass is 10.1. The van der Waals surface area contributed by atoms with Crippen LogP contribution in [0.2, 0.25) is 5.02 Å². The highest BCUT2D eigenvalue weighted by molar-refractivity contribution is 6.30. The summed E-state index contributed by atoms with van der Waals surface area (Å²) < 4.78 is 13.4. The maximum atomic E-state index is 13.4. The topological polar surface area (TPSA) is 57.6 Å². The monoisotopic (exact) mass is 273 g/mol. The van der Waals surface area contributed by atoms with Crippen molar-refractivity contribution in [2.24, 2.45) is 5.92 Å². The van der Waals surface area contributed by atoms with Gasteiger partial charge in [0, 0.05) is 24.2 Å². The summed E-state index contributed by atoms with van der Waals surface area (Å²) in [4.78, 5) is 23.5. The number of rotatable bonds is 4. The molecule has 18 heavy (non-hydrogen) atoms. The number of carboxylic acids is 1. The van der Waals surface area contributed by atoms with Gasteiger partial charge in [-0.05, 0) is 25.1 Å². The van der Waals surface area contributed by atoms with Crippen molar-refractivity contribution in [3.05, 3.63) is 34.6 Å². The number of hydrogen-bond acceptors (Lipinski definition) is 2. The molecule has 0 aliphatic carbocycles. The molecular weight excluding hydrogens is 261 g/mol. The fraction of sp³-hybridized carbons (Fsp3) is 0.333. The number of halogens is 2. The van der Waals surface area contributed by atoms with E-state index in [2.05, 4.69) is 0 Å². The molecule has 1 aromatic rings. The van der Waals surface area contributed by atoms with Crippen LogP contribution in [-0.4, -0.2) is 28.9 Å². The third-order valence-electron chi connectivity index (χ3n) is 2.53. The summed E-state index contributed by atoms with van der Waals surface area (Å²) in [6.45, 7) is 1.26. The summed E-state index contributed by atoms with van der Waals surface area (Å²) >= 11 is 5.73. The number of aliphatic carboxylic acids is 1. The highest BCUT2D eigenvalue weighted by Crippen LogP contribution is 2.17. The lowest BCUT2D eigenvalue weighted by Crippen LogP contribution is -2.35. The van der Waals surface area contributed by atoms with Crippen LogP contribution in [0.25, 0.3) is 0 Å². The predicted octanol–water partition coefficient (Wildman–Crippen LogP) is 2.16. The Bertz CT molecular complexity index is 478. The van der Waals surface area contributed by atoms with Crippen LogP contribution in [0.3, 0.4) is 0 Å². The second kappa shape index (κ2) is 5.82. The van der Waals surface area contributed by atoms with Crippen molar-refractivity contribution >= 4 is 23.5 Å². The maximum absolute atomic E-state index is 13.4. The average Bonchev–Trinajstić information content (AvgIpc) is 2.31. The van der Waals surface area contributed by atoms with E-state index in [1.165, 1.54) is 32.2 Å². The van der Waals surface area contributed by atoms with E-state index >= 15 is 0 Å². The van der Waals surface area contributed by atoms with Crippen molar-refractivity contribution in [2.75, 3.05) is 7.05 Å². The zero-order valence-corrected chi connectivity index (χ0v) is 10.7. The van der Waals surface area contributed by atoms with E-state index < -0.39 is 23.6 Å². The molecule has 0 aliphatic rings. The van der Waals surface area contributed by atoms with Crippen LogP contribution in [0.5, 0.6) is 0 Å². The number of hydrogen-bond donors (Lipinski definition) is 1. The minimum absolute atomic E-state index is 0.0250. The first-order chi connectivity index (χ1) is 8.32. The highest BCUT2D eigenvalue weighted by Gasteiger charge is 2.24. The Hall–Kier alpha value is -1.62. The summed E-state index contributed by atoms with van der Waals surface area (Å²) in [6.07, 6.45) is 0. The molecule has 0 fully saturated rings. The summed E-state index contributed by atoms with van der Waals surface area (Å²) in [6, 6.07) is 4.02. The molecule has 0 radical (unpaired) electrons. The van der Waals surface area contributed by atoms with Crippen LogP contribution in [0.4, 0.5) is 4.39 Å². The van der Waals surface area contributed by atoms with E-state index in [0.29, 0.717) is 5.02 Å². The molecule has 0 heterocycles. The number of amides is 1. The van der Waals surface area contributed by atoms with Gasteiger partial charge in [0.15, 0.2) is 0 Å². The normalized spacial score (nSPS) is 12.0. The van der Waals surface area contributed by atoms with Gasteiger partial charge in [-0.15, -0.1) is 0 Å². The van der Waals surface area contributed by atoms with E-state index in [0.717, 1.165) is 4.90 Å². The number of benzene rings is 1. The Labute approximate surface area is 109 Å². The molecule has 0 saturated carbocycles. The minimum Gasteiger partial charge on any atom is -0.481 e. The molecule has 0 bridgehead atoms. The fourth-order valence-corrected chi connectivity index (χ4v) is 1.63. The molecular formula is C12H13ClFNO3. The molecule has 98 valence electrons. The van der Waals surface area contributed by atoms with Crippen molar-refractivity contribution in [3.8, 4) is 0 Å². The molecule has 0 aliphatic heterocycles. The van der Waals surface area contributed by atoms with Gasteiger partial charge in [-0.2, -0.15) is 0 Å². The first kappa shape index (κ1) is 14.4. The van der Waals surface area contributed by atoms with Crippen molar-refractivity contribution in [3.63, 3.8) is 0 Å². The van der Waals surface area contributed by atoms with Gasteiger partial charge in [-0.3, -0.25) is 9.59 Å². The molecule has 1 N–H and O–H groups in total. The molecule has 0 spiro atoms. The van der Waals surface area contributed by atoms with Crippen LogP contribution in [0.15, 0.2) is 18.2 Å². The van der Waals surface area contributed by atoms with Gasteiger partial charge < -0.3 is 10.0 Å². The van der Waals surface area contributed by atoms with Crippen LogP contribution in [0, 0.1) is 11.7 Å². The van der Waals surface area contributed by atoms with E-state index in [9.17, 15) is 14.0 Å². The Morgan fingerprint density at radius 3 is 2.67 bits per heavy atom. The summed E-state index contributed by atoms with van der Waals surface area (Å²) in [5.41, 5.74) is 0.246. The van der Waals surface area contributed by atoms with Crippen molar-refractivity contribution in [1.82, 2.24) is 4.90 Å². The van der Waals surface area contributed by atoms with Gasteiger partial charge >= 0.3 is 5.97 Å². The molecule has 1 rings (SSSR count). The molecule has 0 saturated heterocycles. The molecule has 1 unspecified atom stereocenters. The zero-order valence-electron chi connectivity index (χ0n) is 9.98. The fourth-order valence-electron chi connectivity index (χ4n) is 1.43. The number of carboxylic acid groups (broad SMARTS) is 1. The standard InChI is InChI=1S/C12H13ClFNO3/c1-7(12(17)18)11(16)15(2)6-8-5-9(13)3-4-10(8)14/h3-5,7H,6H2,1-2H3,(H,17,18). The summed E-state index contributed by atoms with van der Waals surface area (Å²) in [5, 5.41) is 9.08. The Morgan fingerprint density at radius 2 is 2.11 bits per heavy atom. The van der Waals surface area contributed by atoms with Crippen LogP contribution in [-0.2, 0) is 16.1 Å². The van der Waals surface area contributed by atoms with Crippen molar-refractivity contribution in [2.45, 2.75) is 13.5 Å². The molecule has 4 nitrogen and oxygen atoms in total. The third kappa shape index (κ3) is 3.43. The van der Waals surface area contributed by atoms with Crippen LogP contribution >= 0.6 is 11.6 Å². The molecule has 1 amide bonds. The van der Waals surface area contributed by atoms with E-state index in [1.807, 2.05) is 0 Å². The number of nitrogens with zero attached hydrogens (tertiary/aromatic N) is 1. The number of carbonyl (C=O) groups is 2. The van der Waals surface area contributed by atoms with Gasteiger partial charge in [0.05, 0.1) is 0 Å². The highest BCUT2D eigenvalue weighted by atomic mass is 35.5. The van der Waals surface area contributed by atoms with Crippen LogP contribution < -0.4 is 0 Å². The van der Waals surface area contributed by atoms with Gasteiger partial charge in [0.1, 0.15) is 11.7 Å². The Morgan fingerprint density at radius 1 is 1.50 bits per heavy atom. The average molecular weight is 274 g/mol. The first-order valence-electron chi connectivity index (χ1n) is 5.24. The van der Waals surface area contributed by atoms with Crippen LogP contribution in [0.1, 0.15) is 12.5 Å². The third-order valence-corrected chi connectivity index (χ3v) is 2.77. The van der Waals surface area contributed by atoms with Crippen molar-refractivity contribution < 1.29 is 19.1 Å². The molecule has 6 heteroatoms. The van der Waals surface area contributed by atoms with E-state index in [1.54, 1.807) is 0 Å². The number of carbonyl (C=O) groups excluding carboxylic acids is 1. The van der Waals surface area contributed by atoms with Gasteiger partial charge in [-0.25, -0.2) is 4.39 Å². The van der Waals surface area contributed by atoms with Gasteiger partial charge in [-0.1, -0.05) is 11.6 Å². The summed E-state index contributed by atoms with van der Waals surface area (Å²) in [5.74, 6) is -3.43. The Balaban J connectivity index is 2.81. The smallest absolute Gasteiger partial charge is 0.315 e. The predicted molar refractivity (Wildman–Crippen MR) is 64.7 cm³/mol. The van der Waals surface area contributed by atoms with Crippen molar-refractivity contribution in [1.29, 1.82) is 0 Å². The molecule has 1 atom stereocenters. The van der Waals surface area contributed by atoms with Gasteiger partial charge in [0.25, 0.3) is 0 Å². The lowest BCUT2D eigenvalue weighted by molar-refractivity contribution is -0.149. The zero-order chi connectivity index (χ0) is 13.9. The minimum atomic E-state index is -1.21. The summed E-state index contributed by atoms with van der Waals surface area (Å²) in [7, 11) is 1.42. The second-order valence-corrected chi connectivity index (χ2v) is 4.43.